The van der Waals surface area contributed by atoms with Crippen molar-refractivity contribution in [1.82, 2.24) is 10.6 Å². The summed E-state index contributed by atoms with van der Waals surface area (Å²) in [6.45, 7) is 3.15. The summed E-state index contributed by atoms with van der Waals surface area (Å²) < 4.78 is 13.5. The zero-order chi connectivity index (χ0) is 15.4. The van der Waals surface area contributed by atoms with E-state index in [0.29, 0.717) is 19.1 Å². The van der Waals surface area contributed by atoms with Gasteiger partial charge in [-0.3, -0.25) is 4.79 Å². The van der Waals surface area contributed by atoms with Crippen LogP contribution in [0.2, 0.25) is 0 Å². The minimum atomic E-state index is -0.223. The largest absolute Gasteiger partial charge is 0.374 e. The van der Waals surface area contributed by atoms with Crippen molar-refractivity contribution in [3.8, 4) is 0 Å². The van der Waals surface area contributed by atoms with Crippen LogP contribution in [0.4, 0.5) is 10.1 Å². The molecule has 5 heteroatoms. The summed E-state index contributed by atoms with van der Waals surface area (Å²) >= 11 is 0. The number of hydrogen-bond acceptors (Lipinski definition) is 3. The molecule has 1 aliphatic rings. The minimum Gasteiger partial charge on any atom is -0.374 e. The maximum Gasteiger partial charge on any atom is 0.224 e. The molecule has 0 radical (unpaired) electrons. The van der Waals surface area contributed by atoms with Crippen molar-refractivity contribution in [3.63, 3.8) is 0 Å². The Balaban J connectivity index is 2.07. The quantitative estimate of drug-likeness (QED) is 0.807. The Labute approximate surface area is 125 Å². The van der Waals surface area contributed by atoms with Gasteiger partial charge in [0.05, 0.1) is 5.92 Å². The van der Waals surface area contributed by atoms with E-state index >= 15 is 0 Å². The van der Waals surface area contributed by atoms with Gasteiger partial charge in [-0.25, -0.2) is 4.39 Å². The molecule has 2 N–H and O–H groups in total. The molecule has 4 nitrogen and oxygen atoms in total. The number of rotatable bonds is 7. The van der Waals surface area contributed by atoms with Crippen molar-refractivity contribution in [1.29, 1.82) is 0 Å². The Bertz CT molecular complexity index is 502. The first kappa shape index (κ1) is 15.8. The molecular formula is C16H24FN3O. The van der Waals surface area contributed by atoms with Crippen LogP contribution in [-0.4, -0.2) is 32.6 Å². The monoisotopic (exact) mass is 293 g/mol. The summed E-state index contributed by atoms with van der Waals surface area (Å²) in [4.78, 5) is 13.6. The Morgan fingerprint density at radius 3 is 2.81 bits per heavy atom. The fourth-order valence-electron chi connectivity index (χ4n) is 2.45. The van der Waals surface area contributed by atoms with Gasteiger partial charge in [-0.2, -0.15) is 0 Å². The van der Waals surface area contributed by atoms with Gasteiger partial charge in [0.1, 0.15) is 5.82 Å². The number of carbonyl (C=O) groups is 1. The lowest BCUT2D eigenvalue weighted by Crippen LogP contribution is -2.35. The van der Waals surface area contributed by atoms with Crippen LogP contribution in [0.1, 0.15) is 25.3 Å². The van der Waals surface area contributed by atoms with Crippen LogP contribution in [0.25, 0.3) is 0 Å². The molecule has 1 aliphatic carbocycles. The van der Waals surface area contributed by atoms with E-state index in [1.54, 1.807) is 19.2 Å². The summed E-state index contributed by atoms with van der Waals surface area (Å²) in [5, 5.41) is 6.07. The molecule has 0 bridgehead atoms. The normalized spacial score (nSPS) is 15.6. The second-order valence-electron chi connectivity index (χ2n) is 5.82. The first-order chi connectivity index (χ1) is 10.0. The van der Waals surface area contributed by atoms with E-state index < -0.39 is 0 Å². The highest BCUT2D eigenvalue weighted by Gasteiger charge is 2.21. The van der Waals surface area contributed by atoms with E-state index in [4.69, 9.17) is 0 Å². The minimum absolute atomic E-state index is 0.0154. The van der Waals surface area contributed by atoms with Crippen molar-refractivity contribution in [3.05, 3.63) is 29.6 Å². The maximum absolute atomic E-state index is 13.5. The Morgan fingerprint density at radius 2 is 2.19 bits per heavy atom. The zero-order valence-corrected chi connectivity index (χ0v) is 12.9. The Morgan fingerprint density at radius 1 is 1.48 bits per heavy atom. The molecule has 0 heterocycles. The third-order valence-corrected chi connectivity index (χ3v) is 3.85. The van der Waals surface area contributed by atoms with Crippen LogP contribution in [0.5, 0.6) is 0 Å². The number of benzene rings is 1. The third kappa shape index (κ3) is 4.43. The number of nitrogens with zero attached hydrogens (tertiary/aromatic N) is 1. The van der Waals surface area contributed by atoms with E-state index in [-0.39, 0.29) is 17.6 Å². The van der Waals surface area contributed by atoms with Crippen molar-refractivity contribution < 1.29 is 9.18 Å². The van der Waals surface area contributed by atoms with E-state index in [0.717, 1.165) is 11.3 Å². The molecule has 0 aliphatic heterocycles. The fraction of sp³-hybridized carbons (Fsp3) is 0.562. The van der Waals surface area contributed by atoms with Gasteiger partial charge < -0.3 is 15.5 Å². The van der Waals surface area contributed by atoms with Crippen molar-refractivity contribution in [2.45, 2.75) is 32.4 Å². The van der Waals surface area contributed by atoms with Crippen LogP contribution >= 0.6 is 0 Å². The predicted molar refractivity (Wildman–Crippen MR) is 82.8 cm³/mol. The number of carbonyl (C=O) groups excluding carboxylic acids is 1. The van der Waals surface area contributed by atoms with Crippen LogP contribution < -0.4 is 15.5 Å². The van der Waals surface area contributed by atoms with Gasteiger partial charge in [0.25, 0.3) is 0 Å². The Hall–Kier alpha value is -1.62. The molecule has 1 unspecified atom stereocenters. The number of anilines is 1. The molecular weight excluding hydrogens is 269 g/mol. The summed E-state index contributed by atoms with van der Waals surface area (Å²) in [6.07, 6.45) is 2.41. The van der Waals surface area contributed by atoms with Gasteiger partial charge >= 0.3 is 0 Å². The highest BCUT2D eigenvalue weighted by atomic mass is 19.1. The van der Waals surface area contributed by atoms with Gasteiger partial charge in [-0.1, -0.05) is 6.92 Å². The highest BCUT2D eigenvalue weighted by molar-refractivity contribution is 5.78. The molecule has 0 spiro atoms. The molecule has 21 heavy (non-hydrogen) atoms. The summed E-state index contributed by atoms with van der Waals surface area (Å²) in [5.74, 6) is -0.324. The molecule has 1 atom stereocenters. The van der Waals surface area contributed by atoms with Gasteiger partial charge in [0.2, 0.25) is 5.91 Å². The molecule has 0 aromatic heterocycles. The number of halogens is 1. The van der Waals surface area contributed by atoms with Crippen molar-refractivity contribution >= 4 is 11.6 Å². The second kappa shape index (κ2) is 6.89. The topological polar surface area (TPSA) is 44.4 Å². The van der Waals surface area contributed by atoms with E-state index in [1.165, 1.54) is 18.9 Å². The van der Waals surface area contributed by atoms with Gasteiger partial charge in [0.15, 0.2) is 0 Å². The lowest BCUT2D eigenvalue weighted by molar-refractivity contribution is -0.123. The molecule has 1 amide bonds. The zero-order valence-electron chi connectivity index (χ0n) is 12.9. The summed E-state index contributed by atoms with van der Waals surface area (Å²) in [7, 11) is 3.58. The van der Waals surface area contributed by atoms with Crippen molar-refractivity contribution in [2.75, 3.05) is 25.5 Å². The summed E-state index contributed by atoms with van der Waals surface area (Å²) in [6, 6.07) is 5.41. The molecule has 0 saturated heterocycles. The second-order valence-corrected chi connectivity index (χ2v) is 5.82. The maximum atomic E-state index is 13.5. The standard InChI is InChI=1S/C16H24FN3O/c1-11(16(21)18-2)10-20(3)15-7-4-13(17)8-12(15)9-19-14-5-6-14/h4,7-8,11,14,19H,5-6,9-10H2,1-3H3,(H,18,21). The van der Waals surface area contributed by atoms with Gasteiger partial charge in [0, 0.05) is 38.9 Å². The third-order valence-electron chi connectivity index (χ3n) is 3.85. The lowest BCUT2D eigenvalue weighted by Gasteiger charge is -2.25. The number of hydrogen-bond donors (Lipinski definition) is 2. The van der Waals surface area contributed by atoms with Crippen LogP contribution in [-0.2, 0) is 11.3 Å². The van der Waals surface area contributed by atoms with E-state index in [1.807, 2.05) is 18.9 Å². The first-order valence-corrected chi connectivity index (χ1v) is 7.45. The summed E-state index contributed by atoms with van der Waals surface area (Å²) in [5.41, 5.74) is 1.91. The molecule has 1 aromatic rings. The van der Waals surface area contributed by atoms with Crippen LogP contribution in [0.3, 0.4) is 0 Å². The van der Waals surface area contributed by atoms with E-state index in [2.05, 4.69) is 10.6 Å². The number of nitrogens with one attached hydrogen (secondary N) is 2. The fourth-order valence-corrected chi connectivity index (χ4v) is 2.45. The molecule has 116 valence electrons. The van der Waals surface area contributed by atoms with Crippen LogP contribution in [0, 0.1) is 11.7 Å². The SMILES string of the molecule is CNC(=O)C(C)CN(C)c1ccc(F)cc1CNC1CC1. The highest BCUT2D eigenvalue weighted by Crippen LogP contribution is 2.24. The van der Waals surface area contributed by atoms with Crippen LogP contribution in [0.15, 0.2) is 18.2 Å². The number of amides is 1. The van der Waals surface area contributed by atoms with Crippen molar-refractivity contribution in [2.24, 2.45) is 5.92 Å². The van der Waals surface area contributed by atoms with E-state index in [9.17, 15) is 9.18 Å². The molecule has 1 fully saturated rings. The van der Waals surface area contributed by atoms with Gasteiger partial charge in [-0.05, 0) is 36.6 Å². The smallest absolute Gasteiger partial charge is 0.224 e. The average molecular weight is 293 g/mol. The first-order valence-electron chi connectivity index (χ1n) is 7.45. The Kier molecular flexibility index (Phi) is 5.17. The lowest BCUT2D eigenvalue weighted by atomic mass is 10.1. The predicted octanol–water partition coefficient (Wildman–Crippen LogP) is 1.90. The van der Waals surface area contributed by atoms with Gasteiger partial charge in [-0.15, -0.1) is 0 Å². The molecule has 1 saturated carbocycles. The molecule has 2 rings (SSSR count). The average Bonchev–Trinajstić information content (AvgIpc) is 3.28. The molecule has 1 aromatic carbocycles.